The number of nitro groups is 1. The monoisotopic (exact) mass is 250 g/mol. The van der Waals surface area contributed by atoms with E-state index in [0.29, 0.717) is 0 Å². The molecule has 1 fully saturated rings. The highest BCUT2D eigenvalue weighted by molar-refractivity contribution is 5.56. The van der Waals surface area contributed by atoms with E-state index in [4.69, 9.17) is 0 Å². The maximum absolute atomic E-state index is 10.9. The van der Waals surface area contributed by atoms with E-state index in [1.54, 1.807) is 12.1 Å². The highest BCUT2D eigenvalue weighted by atomic mass is 16.6. The van der Waals surface area contributed by atoms with E-state index in [9.17, 15) is 15.2 Å². The molecular weight excluding hydrogens is 232 g/mol. The lowest BCUT2D eigenvalue weighted by Crippen LogP contribution is -2.41. The number of aliphatic hydroxyl groups is 1. The number of hydrogen-bond donors (Lipinski definition) is 1. The molecule has 1 heterocycles. The lowest BCUT2D eigenvalue weighted by molar-refractivity contribution is -0.384. The predicted molar refractivity (Wildman–Crippen MR) is 69.9 cm³/mol. The number of nitro benzene ring substituents is 1. The standard InChI is InChI=1S/C13H18N2O3/c1-10-6-12(8-13(7-10)15(17)18)14-5-3-2-4-11(14)9-16/h6-8,11,16H,2-5,9H2,1H3. The number of aryl methyl sites for hydroxylation is 1. The van der Waals surface area contributed by atoms with Gasteiger partial charge in [0.2, 0.25) is 0 Å². The predicted octanol–water partition coefficient (Wildman–Crippen LogP) is 2.25. The van der Waals surface area contributed by atoms with Gasteiger partial charge in [-0.15, -0.1) is 0 Å². The van der Waals surface area contributed by atoms with Gasteiger partial charge in [0, 0.05) is 24.4 Å². The number of hydrogen-bond acceptors (Lipinski definition) is 4. The van der Waals surface area contributed by atoms with Crippen molar-refractivity contribution in [3.63, 3.8) is 0 Å². The van der Waals surface area contributed by atoms with Crippen molar-refractivity contribution in [2.24, 2.45) is 0 Å². The average molecular weight is 250 g/mol. The van der Waals surface area contributed by atoms with Crippen LogP contribution in [0.1, 0.15) is 24.8 Å². The van der Waals surface area contributed by atoms with Gasteiger partial charge in [-0.3, -0.25) is 10.1 Å². The van der Waals surface area contributed by atoms with E-state index < -0.39 is 0 Å². The number of benzene rings is 1. The van der Waals surface area contributed by atoms with Crippen molar-refractivity contribution in [3.05, 3.63) is 33.9 Å². The molecular formula is C13H18N2O3. The van der Waals surface area contributed by atoms with Gasteiger partial charge in [-0.25, -0.2) is 0 Å². The van der Waals surface area contributed by atoms with Crippen LogP contribution in [0.2, 0.25) is 0 Å². The molecule has 1 saturated heterocycles. The fraction of sp³-hybridized carbons (Fsp3) is 0.538. The second kappa shape index (κ2) is 5.35. The molecule has 98 valence electrons. The second-order valence-corrected chi connectivity index (χ2v) is 4.81. The summed E-state index contributed by atoms with van der Waals surface area (Å²) in [6, 6.07) is 5.20. The molecule has 5 heteroatoms. The van der Waals surface area contributed by atoms with Gasteiger partial charge in [0.05, 0.1) is 17.6 Å². The third kappa shape index (κ3) is 2.61. The second-order valence-electron chi connectivity index (χ2n) is 4.81. The molecule has 1 unspecified atom stereocenters. The number of nitrogens with zero attached hydrogens (tertiary/aromatic N) is 2. The van der Waals surface area contributed by atoms with Crippen LogP contribution in [0.5, 0.6) is 0 Å². The van der Waals surface area contributed by atoms with E-state index in [2.05, 4.69) is 4.90 Å². The van der Waals surface area contributed by atoms with E-state index in [0.717, 1.165) is 37.1 Å². The molecule has 1 aliphatic heterocycles. The van der Waals surface area contributed by atoms with E-state index in [-0.39, 0.29) is 23.3 Å². The first kappa shape index (κ1) is 12.8. The zero-order valence-corrected chi connectivity index (χ0v) is 10.5. The van der Waals surface area contributed by atoms with Crippen molar-refractivity contribution in [2.75, 3.05) is 18.1 Å². The zero-order chi connectivity index (χ0) is 13.1. The van der Waals surface area contributed by atoms with Crippen LogP contribution in [0.4, 0.5) is 11.4 Å². The molecule has 0 aromatic heterocycles. The van der Waals surface area contributed by atoms with Crippen LogP contribution in [0.15, 0.2) is 18.2 Å². The molecule has 1 aliphatic rings. The summed E-state index contributed by atoms with van der Waals surface area (Å²) >= 11 is 0. The minimum atomic E-state index is -0.367. The molecule has 5 nitrogen and oxygen atoms in total. The SMILES string of the molecule is Cc1cc(N2CCCCC2CO)cc([N+](=O)[O-])c1. The van der Waals surface area contributed by atoms with Crippen LogP contribution in [0.3, 0.4) is 0 Å². The lowest BCUT2D eigenvalue weighted by Gasteiger charge is -2.36. The summed E-state index contributed by atoms with van der Waals surface area (Å²) in [5.41, 5.74) is 1.84. The summed E-state index contributed by atoms with van der Waals surface area (Å²) in [5, 5.41) is 20.3. The molecule has 1 atom stereocenters. The topological polar surface area (TPSA) is 66.6 Å². The summed E-state index contributed by atoms with van der Waals surface area (Å²) in [7, 11) is 0. The maximum Gasteiger partial charge on any atom is 0.271 e. The van der Waals surface area contributed by atoms with Gasteiger partial charge < -0.3 is 10.0 Å². The Bertz CT molecular complexity index is 448. The van der Waals surface area contributed by atoms with Gasteiger partial charge >= 0.3 is 0 Å². The maximum atomic E-state index is 10.9. The largest absolute Gasteiger partial charge is 0.394 e. The number of piperidine rings is 1. The van der Waals surface area contributed by atoms with Crippen molar-refractivity contribution < 1.29 is 10.0 Å². The normalized spacial score (nSPS) is 19.9. The van der Waals surface area contributed by atoms with Gasteiger partial charge in [-0.2, -0.15) is 0 Å². The molecule has 0 saturated carbocycles. The van der Waals surface area contributed by atoms with Gasteiger partial charge in [-0.05, 0) is 37.8 Å². The number of non-ortho nitro benzene ring substituents is 1. The Balaban J connectivity index is 2.33. The first-order chi connectivity index (χ1) is 8.61. The minimum Gasteiger partial charge on any atom is -0.394 e. The molecule has 0 bridgehead atoms. The Morgan fingerprint density at radius 1 is 1.44 bits per heavy atom. The Labute approximate surface area is 106 Å². The van der Waals surface area contributed by atoms with Crippen molar-refractivity contribution >= 4 is 11.4 Å². The Hall–Kier alpha value is -1.62. The Kier molecular flexibility index (Phi) is 3.81. The van der Waals surface area contributed by atoms with Crippen LogP contribution in [-0.2, 0) is 0 Å². The van der Waals surface area contributed by atoms with Crippen molar-refractivity contribution in [2.45, 2.75) is 32.2 Å². The quantitative estimate of drug-likeness (QED) is 0.660. The van der Waals surface area contributed by atoms with Gasteiger partial charge in [0.25, 0.3) is 5.69 Å². The summed E-state index contributed by atoms with van der Waals surface area (Å²) in [6.07, 6.45) is 3.12. The Morgan fingerprint density at radius 2 is 2.22 bits per heavy atom. The number of rotatable bonds is 3. The number of anilines is 1. The van der Waals surface area contributed by atoms with Gasteiger partial charge in [0.1, 0.15) is 0 Å². The van der Waals surface area contributed by atoms with Crippen LogP contribution in [0.25, 0.3) is 0 Å². The molecule has 0 aliphatic carbocycles. The number of aliphatic hydroxyl groups excluding tert-OH is 1. The third-order valence-corrected chi connectivity index (χ3v) is 3.43. The molecule has 1 aromatic carbocycles. The summed E-state index contributed by atoms with van der Waals surface area (Å²) in [6.45, 7) is 2.81. The van der Waals surface area contributed by atoms with Gasteiger partial charge in [-0.1, -0.05) is 0 Å². The van der Waals surface area contributed by atoms with E-state index >= 15 is 0 Å². The average Bonchev–Trinajstić information content (AvgIpc) is 2.38. The molecule has 0 radical (unpaired) electrons. The third-order valence-electron chi connectivity index (χ3n) is 3.43. The summed E-state index contributed by atoms with van der Waals surface area (Å²) in [4.78, 5) is 12.6. The fourth-order valence-electron chi connectivity index (χ4n) is 2.54. The lowest BCUT2D eigenvalue weighted by atomic mass is 10.0. The van der Waals surface area contributed by atoms with Crippen LogP contribution in [0, 0.1) is 17.0 Å². The first-order valence-electron chi connectivity index (χ1n) is 6.25. The molecule has 2 rings (SSSR count). The molecule has 1 N–H and O–H groups in total. The molecule has 1 aromatic rings. The van der Waals surface area contributed by atoms with E-state index in [1.165, 1.54) is 0 Å². The fourth-order valence-corrected chi connectivity index (χ4v) is 2.54. The smallest absolute Gasteiger partial charge is 0.271 e. The molecule has 0 spiro atoms. The van der Waals surface area contributed by atoms with Gasteiger partial charge in [0.15, 0.2) is 0 Å². The van der Waals surface area contributed by atoms with Crippen LogP contribution < -0.4 is 4.90 Å². The summed E-state index contributed by atoms with van der Waals surface area (Å²) in [5.74, 6) is 0. The van der Waals surface area contributed by atoms with Crippen molar-refractivity contribution in [1.29, 1.82) is 0 Å². The highest BCUT2D eigenvalue weighted by Crippen LogP contribution is 2.29. The highest BCUT2D eigenvalue weighted by Gasteiger charge is 2.23. The zero-order valence-electron chi connectivity index (χ0n) is 10.5. The van der Waals surface area contributed by atoms with Crippen LogP contribution in [-0.4, -0.2) is 29.2 Å². The van der Waals surface area contributed by atoms with Crippen molar-refractivity contribution in [3.8, 4) is 0 Å². The van der Waals surface area contributed by atoms with Crippen LogP contribution >= 0.6 is 0 Å². The summed E-state index contributed by atoms with van der Waals surface area (Å²) < 4.78 is 0. The first-order valence-corrected chi connectivity index (χ1v) is 6.25. The molecule has 18 heavy (non-hydrogen) atoms. The van der Waals surface area contributed by atoms with E-state index in [1.807, 2.05) is 13.0 Å². The molecule has 0 amide bonds. The minimum absolute atomic E-state index is 0.0835. The van der Waals surface area contributed by atoms with Crippen molar-refractivity contribution in [1.82, 2.24) is 0 Å². The Morgan fingerprint density at radius 3 is 2.89 bits per heavy atom.